The highest BCUT2D eigenvalue weighted by Gasteiger charge is 2.27. The van der Waals surface area contributed by atoms with Crippen LogP contribution in [0.5, 0.6) is 0 Å². The summed E-state index contributed by atoms with van der Waals surface area (Å²) in [6, 6.07) is 17.9. The summed E-state index contributed by atoms with van der Waals surface area (Å²) in [5.41, 5.74) is 1.95. The maximum atomic E-state index is 12.5. The average Bonchev–Trinajstić information content (AvgIpc) is 2.69. The molecule has 0 bridgehead atoms. The second-order valence-corrected chi connectivity index (χ2v) is 6.11. The predicted molar refractivity (Wildman–Crippen MR) is 95.2 cm³/mol. The molecule has 1 fully saturated rings. The summed E-state index contributed by atoms with van der Waals surface area (Å²) in [6.07, 6.45) is 1.35. The van der Waals surface area contributed by atoms with Crippen molar-refractivity contribution in [1.82, 2.24) is 4.90 Å². The van der Waals surface area contributed by atoms with E-state index in [4.69, 9.17) is 5.26 Å². The Hall–Kier alpha value is -3.13. The number of ketones is 1. The van der Waals surface area contributed by atoms with Crippen LogP contribution < -0.4 is 5.32 Å². The van der Waals surface area contributed by atoms with Gasteiger partial charge in [-0.15, -0.1) is 0 Å². The van der Waals surface area contributed by atoms with Crippen molar-refractivity contribution in [3.05, 3.63) is 65.7 Å². The Labute approximate surface area is 146 Å². The molecule has 0 radical (unpaired) electrons. The van der Waals surface area contributed by atoms with Gasteiger partial charge in [-0.25, -0.2) is 4.79 Å². The third kappa shape index (κ3) is 4.04. The maximum absolute atomic E-state index is 12.5. The first-order valence-corrected chi connectivity index (χ1v) is 8.33. The van der Waals surface area contributed by atoms with Gasteiger partial charge in [-0.05, 0) is 37.1 Å². The van der Waals surface area contributed by atoms with Crippen molar-refractivity contribution in [3.63, 3.8) is 0 Å². The topological polar surface area (TPSA) is 73.2 Å². The Bertz CT molecular complexity index is 786. The lowest BCUT2D eigenvalue weighted by Crippen LogP contribution is -2.42. The van der Waals surface area contributed by atoms with Crippen LogP contribution in [0.4, 0.5) is 10.5 Å². The number of urea groups is 1. The Morgan fingerprint density at radius 3 is 2.24 bits per heavy atom. The largest absolute Gasteiger partial charge is 0.324 e. The summed E-state index contributed by atoms with van der Waals surface area (Å²) >= 11 is 0. The number of carbonyl (C=O) groups excluding carboxylic acids is 2. The normalized spacial score (nSPS) is 14.6. The van der Waals surface area contributed by atoms with Crippen molar-refractivity contribution in [1.29, 1.82) is 5.26 Å². The van der Waals surface area contributed by atoms with Crippen LogP contribution in [-0.4, -0.2) is 29.8 Å². The average molecular weight is 333 g/mol. The molecule has 2 aromatic rings. The van der Waals surface area contributed by atoms with Crippen LogP contribution in [0.25, 0.3) is 0 Å². The molecule has 1 saturated heterocycles. The number of Topliss-reactive ketones (excluding diaryl/α,β-unsaturated/α-hetero) is 1. The number of carbonyl (C=O) groups is 2. The van der Waals surface area contributed by atoms with Gasteiger partial charge < -0.3 is 10.2 Å². The van der Waals surface area contributed by atoms with Gasteiger partial charge in [0.2, 0.25) is 0 Å². The maximum Gasteiger partial charge on any atom is 0.321 e. The number of hydrogen-bond acceptors (Lipinski definition) is 3. The van der Waals surface area contributed by atoms with Crippen LogP contribution >= 0.6 is 0 Å². The molecule has 126 valence electrons. The van der Waals surface area contributed by atoms with Crippen molar-refractivity contribution in [2.75, 3.05) is 18.4 Å². The van der Waals surface area contributed by atoms with Crippen molar-refractivity contribution in [2.24, 2.45) is 5.92 Å². The molecule has 1 aliphatic heterocycles. The minimum absolute atomic E-state index is 0.0265. The molecule has 0 unspecified atom stereocenters. The van der Waals surface area contributed by atoms with Crippen molar-refractivity contribution in [2.45, 2.75) is 12.8 Å². The lowest BCUT2D eigenvalue weighted by molar-refractivity contribution is 0.0859. The first kappa shape index (κ1) is 16.7. The van der Waals surface area contributed by atoms with Crippen LogP contribution in [0, 0.1) is 17.2 Å². The van der Waals surface area contributed by atoms with Gasteiger partial charge in [0, 0.05) is 30.3 Å². The van der Waals surface area contributed by atoms with Crippen molar-refractivity contribution >= 4 is 17.5 Å². The Morgan fingerprint density at radius 1 is 1.00 bits per heavy atom. The summed E-state index contributed by atoms with van der Waals surface area (Å²) in [4.78, 5) is 26.5. The Kier molecular flexibility index (Phi) is 5.10. The lowest BCUT2D eigenvalue weighted by Gasteiger charge is -2.31. The van der Waals surface area contributed by atoms with Gasteiger partial charge in [0.15, 0.2) is 5.78 Å². The summed E-state index contributed by atoms with van der Waals surface area (Å²) in [5.74, 6) is 0.133. The van der Waals surface area contributed by atoms with Gasteiger partial charge in [-0.2, -0.15) is 5.26 Å². The van der Waals surface area contributed by atoms with E-state index in [9.17, 15) is 9.59 Å². The second kappa shape index (κ2) is 7.63. The van der Waals surface area contributed by atoms with E-state index in [-0.39, 0.29) is 17.7 Å². The van der Waals surface area contributed by atoms with Crippen molar-refractivity contribution < 1.29 is 9.59 Å². The summed E-state index contributed by atoms with van der Waals surface area (Å²) in [5, 5.41) is 11.6. The van der Waals surface area contributed by atoms with E-state index in [2.05, 4.69) is 5.32 Å². The second-order valence-electron chi connectivity index (χ2n) is 6.11. The number of piperidine rings is 1. The Balaban J connectivity index is 1.54. The summed E-state index contributed by atoms with van der Waals surface area (Å²) < 4.78 is 0. The molecule has 3 rings (SSSR count). The molecule has 2 amide bonds. The highest BCUT2D eigenvalue weighted by Crippen LogP contribution is 2.22. The predicted octanol–water partition coefficient (Wildman–Crippen LogP) is 3.69. The first-order valence-electron chi connectivity index (χ1n) is 8.33. The van der Waals surface area contributed by atoms with Crippen LogP contribution in [-0.2, 0) is 0 Å². The van der Waals surface area contributed by atoms with E-state index >= 15 is 0 Å². The minimum Gasteiger partial charge on any atom is -0.324 e. The lowest BCUT2D eigenvalue weighted by atomic mass is 9.89. The van der Waals surface area contributed by atoms with E-state index in [0.29, 0.717) is 37.2 Å². The van der Waals surface area contributed by atoms with Crippen LogP contribution in [0.15, 0.2) is 54.6 Å². The molecule has 2 aromatic carbocycles. The SMILES string of the molecule is N#Cc1ccc(NC(=O)N2CCC(C(=O)c3ccccc3)CC2)cc1. The zero-order valence-corrected chi connectivity index (χ0v) is 13.8. The third-order valence-corrected chi connectivity index (χ3v) is 4.48. The van der Waals surface area contributed by atoms with Crippen LogP contribution in [0.2, 0.25) is 0 Å². The first-order chi connectivity index (χ1) is 12.2. The molecule has 0 aliphatic carbocycles. The van der Waals surface area contributed by atoms with E-state index in [1.165, 1.54) is 0 Å². The van der Waals surface area contributed by atoms with Gasteiger partial charge in [-0.1, -0.05) is 30.3 Å². The molecular weight excluding hydrogens is 314 g/mol. The van der Waals surface area contributed by atoms with Crippen LogP contribution in [0.1, 0.15) is 28.8 Å². The quantitative estimate of drug-likeness (QED) is 0.871. The fourth-order valence-electron chi connectivity index (χ4n) is 3.01. The highest BCUT2D eigenvalue weighted by atomic mass is 16.2. The monoisotopic (exact) mass is 333 g/mol. The van der Waals surface area contributed by atoms with Gasteiger partial charge in [0.1, 0.15) is 0 Å². The smallest absolute Gasteiger partial charge is 0.321 e. The number of nitrogens with one attached hydrogen (secondary N) is 1. The summed E-state index contributed by atoms with van der Waals surface area (Å²) in [6.45, 7) is 1.12. The minimum atomic E-state index is -0.171. The molecule has 25 heavy (non-hydrogen) atoms. The molecule has 0 aromatic heterocycles. The fourth-order valence-corrected chi connectivity index (χ4v) is 3.01. The molecule has 0 atom stereocenters. The van der Waals surface area contributed by atoms with Gasteiger partial charge >= 0.3 is 6.03 Å². The number of hydrogen-bond donors (Lipinski definition) is 1. The molecule has 5 nitrogen and oxygen atoms in total. The molecule has 0 spiro atoms. The van der Waals surface area contributed by atoms with Gasteiger partial charge in [-0.3, -0.25) is 4.79 Å². The molecule has 1 heterocycles. The van der Waals surface area contributed by atoms with E-state index < -0.39 is 0 Å². The third-order valence-electron chi connectivity index (χ3n) is 4.48. The van der Waals surface area contributed by atoms with Crippen molar-refractivity contribution in [3.8, 4) is 6.07 Å². The van der Waals surface area contributed by atoms with E-state index in [1.54, 1.807) is 29.2 Å². The summed E-state index contributed by atoms with van der Waals surface area (Å²) in [7, 11) is 0. The number of likely N-dealkylation sites (tertiary alicyclic amines) is 1. The molecule has 0 saturated carbocycles. The number of nitriles is 1. The van der Waals surface area contributed by atoms with E-state index in [0.717, 1.165) is 5.56 Å². The number of nitrogens with zero attached hydrogens (tertiary/aromatic N) is 2. The number of rotatable bonds is 3. The Morgan fingerprint density at radius 2 is 1.64 bits per heavy atom. The number of benzene rings is 2. The fraction of sp³-hybridized carbons (Fsp3) is 0.250. The molecular formula is C20H19N3O2. The standard InChI is InChI=1S/C20H19N3O2/c21-14-15-6-8-18(9-7-15)22-20(25)23-12-10-17(11-13-23)19(24)16-4-2-1-3-5-16/h1-9,17H,10-13H2,(H,22,25). The molecule has 5 heteroatoms. The zero-order valence-electron chi connectivity index (χ0n) is 13.8. The van der Waals surface area contributed by atoms with Crippen LogP contribution in [0.3, 0.4) is 0 Å². The van der Waals surface area contributed by atoms with Gasteiger partial charge in [0.25, 0.3) is 0 Å². The molecule has 1 N–H and O–H groups in total. The molecule has 1 aliphatic rings. The van der Waals surface area contributed by atoms with E-state index in [1.807, 2.05) is 36.4 Å². The number of amides is 2. The number of anilines is 1. The highest BCUT2D eigenvalue weighted by molar-refractivity contribution is 5.98. The zero-order chi connectivity index (χ0) is 17.6. The van der Waals surface area contributed by atoms with Gasteiger partial charge in [0.05, 0.1) is 11.6 Å².